The van der Waals surface area contributed by atoms with E-state index in [0.29, 0.717) is 51.7 Å². The predicted octanol–water partition coefficient (Wildman–Crippen LogP) is 5.04. The molecule has 0 unspecified atom stereocenters. The van der Waals surface area contributed by atoms with Crippen LogP contribution in [0.3, 0.4) is 0 Å². The number of rotatable bonds is 9. The average Bonchev–Trinajstić information content (AvgIpc) is 3.42. The van der Waals surface area contributed by atoms with Crippen LogP contribution < -0.4 is 19.8 Å². The molecule has 204 valence electrons. The molecule has 0 aliphatic carbocycles. The zero-order valence-electron chi connectivity index (χ0n) is 22.4. The summed E-state index contributed by atoms with van der Waals surface area (Å²) >= 11 is 0. The number of esters is 1. The van der Waals surface area contributed by atoms with Crippen molar-refractivity contribution in [3.63, 3.8) is 0 Å². The molecular weight excluding hydrogens is 514 g/mol. The second-order valence-electron chi connectivity index (χ2n) is 8.72. The van der Waals surface area contributed by atoms with Crippen LogP contribution in [0.5, 0.6) is 17.2 Å². The zero-order valence-corrected chi connectivity index (χ0v) is 22.4. The fourth-order valence-corrected chi connectivity index (χ4v) is 4.21. The number of carbonyl (C=O) groups is 1. The first kappa shape index (κ1) is 26.5. The number of carbonyl (C=O) groups excluding carboxylic acids is 1. The summed E-state index contributed by atoms with van der Waals surface area (Å²) in [5.74, 6) is 1.50. The van der Waals surface area contributed by atoms with E-state index in [9.17, 15) is 9.59 Å². The normalized spacial score (nSPS) is 12.1. The molecule has 0 amide bonds. The Morgan fingerprint density at radius 3 is 2.62 bits per heavy atom. The van der Waals surface area contributed by atoms with Crippen LogP contribution in [-0.2, 0) is 9.53 Å². The first-order valence-electron chi connectivity index (χ1n) is 12.6. The van der Waals surface area contributed by atoms with E-state index in [0.717, 1.165) is 5.39 Å². The van der Waals surface area contributed by atoms with Crippen LogP contribution in [-0.4, -0.2) is 48.8 Å². The van der Waals surface area contributed by atoms with Gasteiger partial charge in [-0.05, 0) is 67.9 Å². The fourth-order valence-electron chi connectivity index (χ4n) is 4.21. The quantitative estimate of drug-likeness (QED) is 0.188. The van der Waals surface area contributed by atoms with Crippen molar-refractivity contribution in [2.24, 2.45) is 5.10 Å². The van der Waals surface area contributed by atoms with Gasteiger partial charge in [0.15, 0.2) is 23.4 Å². The number of nitrogens with zero attached hydrogens (tertiary/aromatic N) is 3. The molecule has 5 aromatic rings. The standard InChI is InChI=1S/C30H27N3O7/c1-5-38-26-15-19(13-14-25(26)39-18(2)30(35)37-4)17-31-33-28(32-22-10-7-6-9-20(22)29(33)34)27-16-21-23(36-3)11-8-12-24(21)40-27/h6-18H,5H2,1-4H3/t18-/m1/s1. The van der Waals surface area contributed by atoms with Gasteiger partial charge in [0.05, 0.1) is 43.3 Å². The van der Waals surface area contributed by atoms with Crippen molar-refractivity contribution < 1.29 is 28.2 Å². The van der Waals surface area contributed by atoms with Crippen LogP contribution in [0.1, 0.15) is 19.4 Å². The lowest BCUT2D eigenvalue weighted by molar-refractivity contribution is -0.147. The molecule has 5 rings (SSSR count). The monoisotopic (exact) mass is 541 g/mol. The van der Waals surface area contributed by atoms with Crippen LogP contribution in [0, 0.1) is 0 Å². The van der Waals surface area contributed by atoms with Gasteiger partial charge < -0.3 is 23.4 Å². The highest BCUT2D eigenvalue weighted by Gasteiger charge is 2.19. The summed E-state index contributed by atoms with van der Waals surface area (Å²) in [6.07, 6.45) is 0.691. The van der Waals surface area contributed by atoms with E-state index in [4.69, 9.17) is 28.3 Å². The maximum atomic E-state index is 13.6. The van der Waals surface area contributed by atoms with E-state index >= 15 is 0 Å². The van der Waals surface area contributed by atoms with E-state index in [-0.39, 0.29) is 11.4 Å². The van der Waals surface area contributed by atoms with Crippen molar-refractivity contribution in [2.45, 2.75) is 20.0 Å². The second-order valence-corrected chi connectivity index (χ2v) is 8.72. The first-order valence-corrected chi connectivity index (χ1v) is 12.6. The van der Waals surface area contributed by atoms with Gasteiger partial charge in [-0.1, -0.05) is 18.2 Å². The number of hydrogen-bond acceptors (Lipinski definition) is 9. The van der Waals surface area contributed by atoms with Gasteiger partial charge in [-0.2, -0.15) is 9.78 Å². The molecule has 40 heavy (non-hydrogen) atoms. The van der Waals surface area contributed by atoms with E-state index in [1.54, 1.807) is 56.5 Å². The largest absolute Gasteiger partial charge is 0.496 e. The molecule has 3 aromatic carbocycles. The zero-order chi connectivity index (χ0) is 28.2. The molecule has 0 fully saturated rings. The van der Waals surface area contributed by atoms with Gasteiger partial charge in [0.25, 0.3) is 5.56 Å². The number of para-hydroxylation sites is 1. The Hall–Kier alpha value is -5.12. The van der Waals surface area contributed by atoms with E-state index in [1.807, 2.05) is 31.2 Å². The molecule has 0 saturated heterocycles. The van der Waals surface area contributed by atoms with Gasteiger partial charge in [0.2, 0.25) is 5.82 Å². The summed E-state index contributed by atoms with van der Waals surface area (Å²) in [4.78, 5) is 30.1. The third-order valence-electron chi connectivity index (χ3n) is 6.14. The van der Waals surface area contributed by atoms with Gasteiger partial charge >= 0.3 is 5.97 Å². The Morgan fingerprint density at radius 1 is 1.02 bits per heavy atom. The Bertz CT molecular complexity index is 1790. The summed E-state index contributed by atoms with van der Waals surface area (Å²) in [6, 6.07) is 19.4. The predicted molar refractivity (Wildman–Crippen MR) is 150 cm³/mol. The summed E-state index contributed by atoms with van der Waals surface area (Å²) in [6.45, 7) is 3.80. The molecular formula is C30H27N3O7. The van der Waals surface area contributed by atoms with Gasteiger partial charge in [0.1, 0.15) is 11.3 Å². The maximum absolute atomic E-state index is 13.6. The van der Waals surface area contributed by atoms with E-state index in [1.165, 1.54) is 18.0 Å². The minimum absolute atomic E-state index is 0.232. The average molecular weight is 542 g/mol. The highest BCUT2D eigenvalue weighted by Crippen LogP contribution is 2.33. The molecule has 2 aromatic heterocycles. The molecule has 0 aliphatic rings. The molecule has 1 atom stereocenters. The highest BCUT2D eigenvalue weighted by molar-refractivity contribution is 5.89. The SMILES string of the molecule is CCOc1cc(C=Nn2c(-c3cc4c(OC)cccc4o3)nc3ccccc3c2=O)ccc1O[C@H](C)C(=O)OC. The van der Waals surface area contributed by atoms with Crippen molar-refractivity contribution in [3.8, 4) is 28.8 Å². The first-order chi connectivity index (χ1) is 19.4. The van der Waals surface area contributed by atoms with Crippen LogP contribution in [0.25, 0.3) is 33.5 Å². The molecule has 0 aliphatic heterocycles. The number of ether oxygens (including phenoxy) is 4. The van der Waals surface area contributed by atoms with E-state index < -0.39 is 12.1 Å². The lowest BCUT2D eigenvalue weighted by atomic mass is 10.2. The minimum atomic E-state index is -0.823. The van der Waals surface area contributed by atoms with Crippen molar-refractivity contribution in [2.75, 3.05) is 20.8 Å². The van der Waals surface area contributed by atoms with Crippen molar-refractivity contribution in [1.82, 2.24) is 9.66 Å². The van der Waals surface area contributed by atoms with Crippen molar-refractivity contribution >= 4 is 34.1 Å². The number of hydrogen-bond donors (Lipinski definition) is 0. The second kappa shape index (κ2) is 11.3. The van der Waals surface area contributed by atoms with Gasteiger partial charge in [-0.3, -0.25) is 4.79 Å². The van der Waals surface area contributed by atoms with Crippen molar-refractivity contribution in [1.29, 1.82) is 0 Å². The Balaban J connectivity index is 1.59. The summed E-state index contributed by atoms with van der Waals surface area (Å²) in [5.41, 5.74) is 1.37. The minimum Gasteiger partial charge on any atom is -0.496 e. The number of aromatic nitrogens is 2. The van der Waals surface area contributed by atoms with Crippen LogP contribution >= 0.6 is 0 Å². The van der Waals surface area contributed by atoms with Gasteiger partial charge in [0, 0.05) is 0 Å². The van der Waals surface area contributed by atoms with Gasteiger partial charge in [-0.15, -0.1) is 0 Å². The molecule has 0 radical (unpaired) electrons. The highest BCUT2D eigenvalue weighted by atomic mass is 16.6. The molecule has 10 heteroatoms. The molecule has 0 bridgehead atoms. The third kappa shape index (κ3) is 5.11. The molecule has 0 spiro atoms. The lowest BCUT2D eigenvalue weighted by Crippen LogP contribution is -2.25. The van der Waals surface area contributed by atoms with E-state index in [2.05, 4.69) is 5.10 Å². The lowest BCUT2D eigenvalue weighted by Gasteiger charge is -2.16. The Kier molecular flexibility index (Phi) is 7.50. The molecule has 0 saturated carbocycles. The van der Waals surface area contributed by atoms with Gasteiger partial charge in [-0.25, -0.2) is 9.78 Å². The molecule has 2 heterocycles. The topological polar surface area (TPSA) is 114 Å². The van der Waals surface area contributed by atoms with Crippen LogP contribution in [0.15, 0.2) is 81.0 Å². The number of methoxy groups -OCH3 is 2. The molecule has 0 N–H and O–H groups in total. The summed E-state index contributed by atoms with van der Waals surface area (Å²) in [7, 11) is 2.88. The number of furan rings is 1. The van der Waals surface area contributed by atoms with Crippen molar-refractivity contribution in [3.05, 3.63) is 82.6 Å². The smallest absolute Gasteiger partial charge is 0.346 e. The summed E-state index contributed by atoms with van der Waals surface area (Å²) < 4.78 is 28.9. The Labute approximate surface area is 229 Å². The maximum Gasteiger partial charge on any atom is 0.346 e. The third-order valence-corrected chi connectivity index (χ3v) is 6.14. The molecule has 10 nitrogen and oxygen atoms in total. The van der Waals surface area contributed by atoms with Crippen LogP contribution in [0.4, 0.5) is 0 Å². The fraction of sp³-hybridized carbons (Fsp3) is 0.200. The van der Waals surface area contributed by atoms with Crippen LogP contribution in [0.2, 0.25) is 0 Å². The number of fused-ring (bicyclic) bond motifs is 2. The Morgan fingerprint density at radius 2 is 1.85 bits per heavy atom. The number of benzene rings is 3. The summed E-state index contributed by atoms with van der Waals surface area (Å²) in [5, 5.41) is 5.66.